The van der Waals surface area contributed by atoms with Crippen molar-refractivity contribution >= 4 is 22.6 Å². The van der Waals surface area contributed by atoms with Gasteiger partial charge in [0.2, 0.25) is 0 Å². The number of alkyl halides is 1. The van der Waals surface area contributed by atoms with Crippen LogP contribution in [0.2, 0.25) is 0 Å². The van der Waals surface area contributed by atoms with Gasteiger partial charge in [-0.05, 0) is 73.7 Å². The van der Waals surface area contributed by atoms with Crippen LogP contribution in [0.1, 0.15) is 60.5 Å². The predicted octanol–water partition coefficient (Wildman–Crippen LogP) is 7.37. The summed E-state index contributed by atoms with van der Waals surface area (Å²) in [4.78, 5) is 0. The standard InChI is InChI=1S/C29H28F2IN3/c1-19(35-28(29(2,3)18-34)24-13-25(30)15-26(31)14-24)27(23-6-4-5-22(11-23)17-33)12-20-7-9-21(16-32)10-8-20/h4-11,13-15,19,27-28,35H,12,16H2,1-3H3/t19-,27+,28?/m0/s1. The molecule has 3 aromatic rings. The number of hydrogen-bond acceptors (Lipinski definition) is 3. The number of nitrogens with zero attached hydrogens (tertiary/aromatic N) is 2. The monoisotopic (exact) mass is 583 g/mol. The van der Waals surface area contributed by atoms with Gasteiger partial charge >= 0.3 is 0 Å². The van der Waals surface area contributed by atoms with Crippen molar-refractivity contribution in [2.24, 2.45) is 5.41 Å². The fraction of sp³-hybridized carbons (Fsp3) is 0.310. The Hall–Kier alpha value is -2.81. The molecular weight excluding hydrogens is 555 g/mol. The number of nitriles is 2. The molecule has 3 atom stereocenters. The van der Waals surface area contributed by atoms with Gasteiger partial charge in [0.05, 0.1) is 29.2 Å². The Kier molecular flexibility index (Phi) is 8.99. The minimum absolute atomic E-state index is 0.0517. The largest absolute Gasteiger partial charge is 0.305 e. The van der Waals surface area contributed by atoms with Crippen LogP contribution in [0, 0.1) is 39.7 Å². The van der Waals surface area contributed by atoms with Crippen molar-refractivity contribution in [3.63, 3.8) is 0 Å². The first-order valence-corrected chi connectivity index (χ1v) is 13.0. The number of rotatable bonds is 9. The van der Waals surface area contributed by atoms with Gasteiger partial charge in [-0.1, -0.05) is 59.0 Å². The highest BCUT2D eigenvalue weighted by Gasteiger charge is 2.34. The van der Waals surface area contributed by atoms with E-state index in [-0.39, 0.29) is 12.0 Å². The highest BCUT2D eigenvalue weighted by Crippen LogP contribution is 2.36. The van der Waals surface area contributed by atoms with Crippen LogP contribution in [0.15, 0.2) is 66.7 Å². The van der Waals surface area contributed by atoms with Gasteiger partial charge < -0.3 is 5.32 Å². The van der Waals surface area contributed by atoms with Crippen LogP contribution in [0.3, 0.4) is 0 Å². The molecule has 0 saturated carbocycles. The summed E-state index contributed by atoms with van der Waals surface area (Å²) in [5.41, 5.74) is 3.40. The van der Waals surface area contributed by atoms with Gasteiger partial charge in [-0.15, -0.1) is 0 Å². The second-order valence-corrected chi connectivity index (χ2v) is 10.2. The maximum Gasteiger partial charge on any atom is 0.126 e. The van der Waals surface area contributed by atoms with Crippen LogP contribution in [0.5, 0.6) is 0 Å². The molecular formula is C29H28F2IN3. The molecule has 0 bridgehead atoms. The zero-order valence-corrected chi connectivity index (χ0v) is 22.2. The van der Waals surface area contributed by atoms with E-state index in [1.165, 1.54) is 17.7 Å². The van der Waals surface area contributed by atoms with Crippen molar-refractivity contribution in [3.05, 3.63) is 106 Å². The average molecular weight is 583 g/mol. The number of hydrogen-bond donors (Lipinski definition) is 1. The molecule has 0 aliphatic rings. The molecule has 0 amide bonds. The van der Waals surface area contributed by atoms with Crippen LogP contribution in [0.25, 0.3) is 0 Å². The van der Waals surface area contributed by atoms with Crippen molar-refractivity contribution in [2.75, 3.05) is 0 Å². The maximum absolute atomic E-state index is 14.1. The van der Waals surface area contributed by atoms with Crippen molar-refractivity contribution in [1.29, 1.82) is 10.5 Å². The lowest BCUT2D eigenvalue weighted by Gasteiger charge is -2.35. The van der Waals surface area contributed by atoms with Crippen LogP contribution >= 0.6 is 22.6 Å². The molecule has 0 aromatic heterocycles. The summed E-state index contributed by atoms with van der Waals surface area (Å²) in [6, 6.07) is 23.0. The average Bonchev–Trinajstić information content (AvgIpc) is 2.85. The molecule has 1 unspecified atom stereocenters. The zero-order chi connectivity index (χ0) is 25.6. The number of nitrogens with one attached hydrogen (secondary N) is 1. The summed E-state index contributed by atoms with van der Waals surface area (Å²) in [5.74, 6) is -1.41. The summed E-state index contributed by atoms with van der Waals surface area (Å²) < 4.78 is 29.1. The van der Waals surface area contributed by atoms with E-state index in [0.717, 1.165) is 21.6 Å². The molecule has 0 radical (unpaired) electrons. The van der Waals surface area contributed by atoms with Gasteiger partial charge in [0, 0.05) is 22.5 Å². The molecule has 0 saturated heterocycles. The smallest absolute Gasteiger partial charge is 0.126 e. The van der Waals surface area contributed by atoms with E-state index in [1.807, 2.05) is 25.1 Å². The van der Waals surface area contributed by atoms with Crippen LogP contribution < -0.4 is 5.32 Å². The highest BCUT2D eigenvalue weighted by atomic mass is 127. The van der Waals surface area contributed by atoms with Crippen molar-refractivity contribution in [2.45, 2.75) is 49.6 Å². The van der Waals surface area contributed by atoms with Crippen molar-refractivity contribution in [1.82, 2.24) is 5.32 Å². The van der Waals surface area contributed by atoms with E-state index in [0.29, 0.717) is 17.5 Å². The normalized spacial score (nSPS) is 13.9. The predicted molar refractivity (Wildman–Crippen MR) is 143 cm³/mol. The Morgan fingerprint density at radius 3 is 2.11 bits per heavy atom. The molecule has 35 heavy (non-hydrogen) atoms. The number of benzene rings is 3. The SMILES string of the molecule is C[C@H](NC(c1cc(F)cc(F)c1)C(C)(C)C#N)[C@@H](Cc1ccc(CI)cc1)c1cccc(C#N)c1. The van der Waals surface area contributed by atoms with Crippen LogP contribution in [-0.2, 0) is 10.8 Å². The van der Waals surface area contributed by atoms with E-state index in [1.54, 1.807) is 19.9 Å². The minimum Gasteiger partial charge on any atom is -0.305 e. The van der Waals surface area contributed by atoms with E-state index in [2.05, 4.69) is 64.3 Å². The molecule has 3 rings (SSSR count). The topological polar surface area (TPSA) is 59.6 Å². The lowest BCUT2D eigenvalue weighted by atomic mass is 9.79. The Labute approximate surface area is 219 Å². The summed E-state index contributed by atoms with van der Waals surface area (Å²) in [6.45, 7) is 5.53. The second kappa shape index (κ2) is 11.7. The third kappa shape index (κ3) is 6.87. The van der Waals surface area contributed by atoms with Gasteiger partial charge in [-0.2, -0.15) is 10.5 Å². The lowest BCUT2D eigenvalue weighted by Crippen LogP contribution is -2.42. The van der Waals surface area contributed by atoms with Crippen molar-refractivity contribution in [3.8, 4) is 12.1 Å². The van der Waals surface area contributed by atoms with E-state index < -0.39 is 23.1 Å². The highest BCUT2D eigenvalue weighted by molar-refractivity contribution is 14.1. The molecule has 0 fully saturated rings. The summed E-state index contributed by atoms with van der Waals surface area (Å²) in [7, 11) is 0. The Balaban J connectivity index is 2.01. The van der Waals surface area contributed by atoms with E-state index >= 15 is 0 Å². The first-order chi connectivity index (χ1) is 16.7. The first kappa shape index (κ1) is 26.8. The Bertz CT molecular complexity index is 1220. The molecule has 0 spiro atoms. The van der Waals surface area contributed by atoms with Gasteiger partial charge in [-0.3, -0.25) is 0 Å². The third-order valence-corrected chi connectivity index (χ3v) is 7.22. The molecule has 0 aliphatic heterocycles. The molecule has 6 heteroatoms. The summed E-state index contributed by atoms with van der Waals surface area (Å²) in [6.07, 6.45) is 0.696. The third-order valence-electron chi connectivity index (χ3n) is 6.34. The minimum atomic E-state index is -0.935. The van der Waals surface area contributed by atoms with Crippen LogP contribution in [0.4, 0.5) is 8.78 Å². The fourth-order valence-electron chi connectivity index (χ4n) is 4.35. The molecule has 180 valence electrons. The Morgan fingerprint density at radius 2 is 1.54 bits per heavy atom. The molecule has 1 N–H and O–H groups in total. The second-order valence-electron chi connectivity index (χ2n) is 9.42. The van der Waals surface area contributed by atoms with Gasteiger partial charge in [-0.25, -0.2) is 8.78 Å². The van der Waals surface area contributed by atoms with Gasteiger partial charge in [0.25, 0.3) is 0 Å². The molecule has 0 heterocycles. The molecule has 3 aromatic carbocycles. The first-order valence-electron chi connectivity index (χ1n) is 11.4. The molecule has 3 nitrogen and oxygen atoms in total. The zero-order valence-electron chi connectivity index (χ0n) is 20.0. The fourth-order valence-corrected chi connectivity index (χ4v) is 4.86. The summed E-state index contributed by atoms with van der Waals surface area (Å²) in [5, 5.41) is 22.8. The van der Waals surface area contributed by atoms with Gasteiger partial charge in [0.1, 0.15) is 11.6 Å². The van der Waals surface area contributed by atoms with E-state index in [4.69, 9.17) is 0 Å². The molecule has 0 aliphatic carbocycles. The summed E-state index contributed by atoms with van der Waals surface area (Å²) >= 11 is 2.33. The van der Waals surface area contributed by atoms with E-state index in [9.17, 15) is 19.3 Å². The number of halogens is 3. The Morgan fingerprint density at radius 1 is 0.914 bits per heavy atom. The van der Waals surface area contributed by atoms with Crippen LogP contribution in [-0.4, -0.2) is 6.04 Å². The van der Waals surface area contributed by atoms with Crippen molar-refractivity contribution < 1.29 is 8.78 Å². The maximum atomic E-state index is 14.1. The van der Waals surface area contributed by atoms with Gasteiger partial charge in [0.15, 0.2) is 0 Å². The lowest BCUT2D eigenvalue weighted by molar-refractivity contribution is 0.279. The quantitative estimate of drug-likeness (QED) is 0.212.